The molecule has 2 N–H and O–H groups in total. The zero-order valence-corrected chi connectivity index (χ0v) is 18.2. The number of hydrogen-bond donors (Lipinski definition) is 2. The molecule has 1 heterocycles. The number of aryl methyl sites for hydroxylation is 1. The Morgan fingerprint density at radius 2 is 1.84 bits per heavy atom. The molecule has 1 aliphatic carbocycles. The number of benzene rings is 2. The molecule has 31 heavy (non-hydrogen) atoms. The molecule has 158 valence electrons. The van der Waals surface area contributed by atoms with Gasteiger partial charge >= 0.3 is 0 Å². The van der Waals surface area contributed by atoms with Crippen molar-refractivity contribution in [1.29, 1.82) is 0 Å². The van der Waals surface area contributed by atoms with Crippen LogP contribution in [0, 0.1) is 6.92 Å². The number of rotatable bonds is 4. The van der Waals surface area contributed by atoms with Crippen LogP contribution in [0.15, 0.2) is 58.0 Å². The van der Waals surface area contributed by atoms with Crippen LogP contribution in [0.5, 0.6) is 0 Å². The maximum atomic E-state index is 12.8. The van der Waals surface area contributed by atoms with Gasteiger partial charge in [-0.25, -0.2) is 5.43 Å². The molecule has 0 aliphatic heterocycles. The standard InChI is InChI=1S/C23H19Cl2N3O3/c1-13-20-18(27-28-22(29)14-6-4-7-15(24)12-14)10-5-11-19(20)31-21(13)23(30)26-17-9-3-2-8-16(17)25/h2-4,6-9,12H,5,10-11H2,1H3,(H,26,30)(H,28,29)/b27-18+. The van der Waals surface area contributed by atoms with E-state index in [0.29, 0.717) is 51.2 Å². The lowest BCUT2D eigenvalue weighted by molar-refractivity contribution is 0.0953. The normalized spacial score (nSPS) is 14.2. The van der Waals surface area contributed by atoms with E-state index < -0.39 is 0 Å². The van der Waals surface area contributed by atoms with E-state index in [1.54, 1.807) is 48.5 Å². The minimum Gasteiger partial charge on any atom is -0.455 e. The van der Waals surface area contributed by atoms with E-state index in [1.165, 1.54) is 0 Å². The molecule has 2 amide bonds. The summed E-state index contributed by atoms with van der Waals surface area (Å²) in [5.74, 6) is 0.145. The fourth-order valence-electron chi connectivity index (χ4n) is 3.55. The van der Waals surface area contributed by atoms with E-state index in [4.69, 9.17) is 27.6 Å². The highest BCUT2D eigenvalue weighted by molar-refractivity contribution is 6.34. The molecule has 2 aromatic carbocycles. The van der Waals surface area contributed by atoms with Crippen LogP contribution in [0.2, 0.25) is 10.0 Å². The van der Waals surface area contributed by atoms with E-state index in [9.17, 15) is 9.59 Å². The molecule has 0 saturated heterocycles. The summed E-state index contributed by atoms with van der Waals surface area (Å²) >= 11 is 12.1. The topological polar surface area (TPSA) is 83.7 Å². The van der Waals surface area contributed by atoms with Crippen LogP contribution in [-0.4, -0.2) is 17.5 Å². The third kappa shape index (κ3) is 4.50. The number of anilines is 1. The van der Waals surface area contributed by atoms with E-state index in [-0.39, 0.29) is 17.6 Å². The van der Waals surface area contributed by atoms with Crippen LogP contribution in [0.1, 0.15) is 50.6 Å². The van der Waals surface area contributed by atoms with Crippen molar-refractivity contribution in [3.8, 4) is 0 Å². The Balaban J connectivity index is 1.58. The van der Waals surface area contributed by atoms with Gasteiger partial charge in [0.2, 0.25) is 0 Å². The summed E-state index contributed by atoms with van der Waals surface area (Å²) in [6, 6.07) is 13.6. The van der Waals surface area contributed by atoms with Gasteiger partial charge in [-0.05, 0) is 50.1 Å². The number of carbonyl (C=O) groups excluding carboxylic acids is 2. The molecule has 0 saturated carbocycles. The Morgan fingerprint density at radius 3 is 2.61 bits per heavy atom. The van der Waals surface area contributed by atoms with E-state index >= 15 is 0 Å². The minimum absolute atomic E-state index is 0.209. The summed E-state index contributed by atoms with van der Waals surface area (Å²) in [5.41, 5.74) is 5.62. The van der Waals surface area contributed by atoms with Gasteiger partial charge < -0.3 is 9.73 Å². The number of para-hydroxylation sites is 1. The van der Waals surface area contributed by atoms with Crippen LogP contribution in [0.3, 0.4) is 0 Å². The summed E-state index contributed by atoms with van der Waals surface area (Å²) in [5, 5.41) is 8.02. The molecule has 0 atom stereocenters. The summed E-state index contributed by atoms with van der Waals surface area (Å²) in [7, 11) is 0. The SMILES string of the molecule is Cc1c(C(=O)Nc2ccccc2Cl)oc2c1/C(=N/NC(=O)c1cccc(Cl)c1)CCC2. The predicted molar refractivity (Wildman–Crippen MR) is 121 cm³/mol. The van der Waals surface area contributed by atoms with Crippen molar-refractivity contribution in [2.24, 2.45) is 5.10 Å². The number of carbonyl (C=O) groups is 2. The van der Waals surface area contributed by atoms with Crippen LogP contribution in [0.25, 0.3) is 0 Å². The molecular formula is C23H19Cl2N3O3. The molecule has 8 heteroatoms. The average molecular weight is 456 g/mol. The second-order valence-electron chi connectivity index (χ2n) is 7.15. The molecule has 4 rings (SSSR count). The molecule has 0 radical (unpaired) electrons. The first-order valence-electron chi connectivity index (χ1n) is 9.75. The van der Waals surface area contributed by atoms with Crippen LogP contribution in [-0.2, 0) is 6.42 Å². The number of amides is 2. The van der Waals surface area contributed by atoms with Gasteiger partial charge in [0.05, 0.1) is 16.4 Å². The van der Waals surface area contributed by atoms with Gasteiger partial charge in [0.1, 0.15) is 5.76 Å². The van der Waals surface area contributed by atoms with Gasteiger partial charge in [-0.15, -0.1) is 0 Å². The van der Waals surface area contributed by atoms with Crippen LogP contribution in [0.4, 0.5) is 5.69 Å². The Labute approximate surface area is 189 Å². The highest BCUT2D eigenvalue weighted by Crippen LogP contribution is 2.31. The zero-order valence-electron chi connectivity index (χ0n) is 16.7. The number of furan rings is 1. The first kappa shape index (κ1) is 21.2. The molecule has 3 aromatic rings. The van der Waals surface area contributed by atoms with Gasteiger partial charge in [-0.3, -0.25) is 9.59 Å². The maximum absolute atomic E-state index is 12.8. The second-order valence-corrected chi connectivity index (χ2v) is 8.00. The van der Waals surface area contributed by atoms with Gasteiger partial charge in [0, 0.05) is 28.1 Å². The highest BCUT2D eigenvalue weighted by Gasteiger charge is 2.28. The summed E-state index contributed by atoms with van der Waals surface area (Å²) in [6.45, 7) is 1.81. The van der Waals surface area contributed by atoms with Crippen LogP contribution >= 0.6 is 23.2 Å². The zero-order chi connectivity index (χ0) is 22.0. The number of halogens is 2. The number of hydrazone groups is 1. The lowest BCUT2D eigenvalue weighted by Crippen LogP contribution is -2.22. The largest absolute Gasteiger partial charge is 0.455 e. The number of nitrogens with one attached hydrogen (secondary N) is 2. The fourth-order valence-corrected chi connectivity index (χ4v) is 3.92. The number of nitrogens with zero attached hydrogens (tertiary/aromatic N) is 1. The van der Waals surface area contributed by atoms with Gasteiger partial charge in [0.25, 0.3) is 11.8 Å². The van der Waals surface area contributed by atoms with E-state index in [0.717, 1.165) is 12.0 Å². The third-order valence-corrected chi connectivity index (χ3v) is 5.60. The van der Waals surface area contributed by atoms with Crippen molar-refractivity contribution >= 4 is 46.4 Å². The summed E-state index contributed by atoms with van der Waals surface area (Å²) < 4.78 is 5.88. The average Bonchev–Trinajstić information content (AvgIpc) is 3.11. The van der Waals surface area contributed by atoms with Crippen molar-refractivity contribution in [3.63, 3.8) is 0 Å². The lowest BCUT2D eigenvalue weighted by atomic mass is 9.93. The van der Waals surface area contributed by atoms with E-state index in [1.807, 2.05) is 6.92 Å². The Bertz CT molecular complexity index is 1200. The Morgan fingerprint density at radius 1 is 1.03 bits per heavy atom. The first-order chi connectivity index (χ1) is 14.9. The van der Waals surface area contributed by atoms with E-state index in [2.05, 4.69) is 15.8 Å². The first-order valence-corrected chi connectivity index (χ1v) is 10.5. The van der Waals surface area contributed by atoms with Crippen molar-refractivity contribution in [1.82, 2.24) is 5.43 Å². The number of hydrogen-bond acceptors (Lipinski definition) is 4. The van der Waals surface area contributed by atoms with Gasteiger partial charge in [0.15, 0.2) is 5.76 Å². The smallest absolute Gasteiger partial charge is 0.291 e. The maximum Gasteiger partial charge on any atom is 0.291 e. The monoisotopic (exact) mass is 455 g/mol. The Hall–Kier alpha value is -3.09. The third-order valence-electron chi connectivity index (χ3n) is 5.03. The quantitative estimate of drug-likeness (QED) is 0.500. The van der Waals surface area contributed by atoms with Gasteiger partial charge in [-0.2, -0.15) is 5.10 Å². The molecule has 0 unspecified atom stereocenters. The van der Waals surface area contributed by atoms with Gasteiger partial charge in [-0.1, -0.05) is 41.4 Å². The number of fused-ring (bicyclic) bond motifs is 1. The Kier molecular flexibility index (Phi) is 6.11. The van der Waals surface area contributed by atoms with Crippen LogP contribution < -0.4 is 10.7 Å². The minimum atomic E-state index is -0.387. The molecule has 0 fully saturated rings. The van der Waals surface area contributed by atoms with Crippen molar-refractivity contribution < 1.29 is 14.0 Å². The van der Waals surface area contributed by atoms with Crippen molar-refractivity contribution in [2.45, 2.75) is 26.2 Å². The van der Waals surface area contributed by atoms with Crippen molar-refractivity contribution in [2.75, 3.05) is 5.32 Å². The molecular weight excluding hydrogens is 437 g/mol. The molecule has 1 aliphatic rings. The fraction of sp³-hybridized carbons (Fsp3) is 0.174. The molecule has 0 bridgehead atoms. The highest BCUT2D eigenvalue weighted by atomic mass is 35.5. The lowest BCUT2D eigenvalue weighted by Gasteiger charge is -2.13. The summed E-state index contributed by atoms with van der Waals surface area (Å²) in [4.78, 5) is 25.2. The molecule has 6 nitrogen and oxygen atoms in total. The second kappa shape index (κ2) is 8.96. The molecule has 1 aromatic heterocycles. The van der Waals surface area contributed by atoms with Crippen molar-refractivity contribution in [3.05, 3.63) is 86.8 Å². The molecule has 0 spiro atoms. The predicted octanol–water partition coefficient (Wildman–Crippen LogP) is 5.62. The summed E-state index contributed by atoms with van der Waals surface area (Å²) in [6.07, 6.45) is 2.16.